The molecule has 0 saturated carbocycles. The van der Waals surface area contributed by atoms with Crippen molar-refractivity contribution < 1.29 is 4.74 Å². The van der Waals surface area contributed by atoms with Crippen molar-refractivity contribution in [3.05, 3.63) is 40.8 Å². The van der Waals surface area contributed by atoms with Crippen LogP contribution < -0.4 is 4.74 Å². The minimum Gasteiger partial charge on any atom is -0.437 e. The summed E-state index contributed by atoms with van der Waals surface area (Å²) < 4.78 is 5.52. The van der Waals surface area contributed by atoms with Crippen molar-refractivity contribution in [3.63, 3.8) is 0 Å². The van der Waals surface area contributed by atoms with E-state index in [4.69, 9.17) is 16.3 Å². The number of nitrogens with zero attached hydrogens (tertiary/aromatic N) is 3. The molecule has 0 aliphatic heterocycles. The van der Waals surface area contributed by atoms with E-state index >= 15 is 0 Å². The summed E-state index contributed by atoms with van der Waals surface area (Å²) in [5, 5.41) is 7.27. The van der Waals surface area contributed by atoms with Crippen LogP contribution in [0, 0.1) is 13.8 Å². The van der Waals surface area contributed by atoms with Gasteiger partial charge in [-0.1, -0.05) is 6.07 Å². The lowest BCUT2D eigenvalue weighted by molar-refractivity contribution is 0.456. The Morgan fingerprint density at radius 1 is 1.12 bits per heavy atom. The van der Waals surface area contributed by atoms with E-state index in [0.717, 1.165) is 11.1 Å². The van der Waals surface area contributed by atoms with Crippen molar-refractivity contribution >= 4 is 11.6 Å². The molecule has 0 bridgehead atoms. The summed E-state index contributed by atoms with van der Waals surface area (Å²) in [6.45, 7) is 4.01. The van der Waals surface area contributed by atoms with E-state index < -0.39 is 0 Å². The summed E-state index contributed by atoms with van der Waals surface area (Å²) in [5.41, 5.74) is 2.26. The molecule has 2 aromatic rings. The van der Waals surface area contributed by atoms with Gasteiger partial charge in [0.2, 0.25) is 11.2 Å². The fraction of sp³-hybridized carbons (Fsp3) is 0.182. The van der Waals surface area contributed by atoms with Crippen LogP contribution in [-0.2, 0) is 0 Å². The average molecular weight is 236 g/mol. The van der Waals surface area contributed by atoms with E-state index in [2.05, 4.69) is 21.2 Å². The molecule has 1 aromatic carbocycles. The van der Waals surface area contributed by atoms with Gasteiger partial charge in [-0.3, -0.25) is 0 Å². The van der Waals surface area contributed by atoms with E-state index in [1.807, 2.05) is 26.0 Å². The van der Waals surface area contributed by atoms with Gasteiger partial charge in [-0.25, -0.2) is 0 Å². The molecule has 0 radical (unpaired) electrons. The van der Waals surface area contributed by atoms with Crippen molar-refractivity contribution in [2.75, 3.05) is 0 Å². The predicted octanol–water partition coefficient (Wildman–Crippen LogP) is 2.93. The average Bonchev–Trinajstić information content (AvgIpc) is 2.15. The van der Waals surface area contributed by atoms with Gasteiger partial charge < -0.3 is 4.74 Å². The highest BCUT2D eigenvalue weighted by atomic mass is 35.5. The Balaban J connectivity index is 2.27. The first-order valence-corrected chi connectivity index (χ1v) is 5.12. The van der Waals surface area contributed by atoms with Crippen LogP contribution >= 0.6 is 11.6 Å². The first kappa shape index (κ1) is 10.8. The number of hydrogen-bond acceptors (Lipinski definition) is 4. The molecule has 0 spiro atoms. The van der Waals surface area contributed by atoms with Gasteiger partial charge >= 0.3 is 0 Å². The van der Waals surface area contributed by atoms with Crippen LogP contribution in [0.3, 0.4) is 0 Å². The third-order valence-corrected chi connectivity index (χ3v) is 2.09. The van der Waals surface area contributed by atoms with Gasteiger partial charge in [0.15, 0.2) is 0 Å². The quantitative estimate of drug-likeness (QED) is 0.803. The van der Waals surface area contributed by atoms with Gasteiger partial charge in [0.05, 0.1) is 0 Å². The fourth-order valence-electron chi connectivity index (χ4n) is 1.43. The summed E-state index contributed by atoms with van der Waals surface area (Å²) in [4.78, 5) is 3.90. The topological polar surface area (TPSA) is 47.9 Å². The number of aromatic nitrogens is 3. The van der Waals surface area contributed by atoms with Gasteiger partial charge in [-0.2, -0.15) is 10.1 Å². The van der Waals surface area contributed by atoms with E-state index in [1.165, 1.54) is 6.20 Å². The predicted molar refractivity (Wildman–Crippen MR) is 60.8 cm³/mol. The van der Waals surface area contributed by atoms with E-state index in [1.54, 1.807) is 0 Å². The van der Waals surface area contributed by atoms with Gasteiger partial charge in [-0.05, 0) is 48.7 Å². The monoisotopic (exact) mass is 235 g/mol. The lowest BCUT2D eigenvalue weighted by atomic mass is 10.1. The number of halogens is 1. The van der Waals surface area contributed by atoms with Gasteiger partial charge in [0.25, 0.3) is 0 Å². The van der Waals surface area contributed by atoms with Crippen LogP contribution in [0.25, 0.3) is 0 Å². The normalized spacial score (nSPS) is 10.2. The molecular formula is C11H10ClN3O. The molecular weight excluding hydrogens is 226 g/mol. The molecule has 0 saturated heterocycles. The molecule has 0 atom stereocenters. The van der Waals surface area contributed by atoms with Crippen LogP contribution in [-0.4, -0.2) is 15.2 Å². The SMILES string of the molecule is Cc1cc(C)cc(Oc2cnnc(Cl)n2)c1. The second kappa shape index (κ2) is 4.45. The number of aryl methyl sites for hydroxylation is 2. The Hall–Kier alpha value is -1.68. The summed E-state index contributed by atoms with van der Waals surface area (Å²) in [6.07, 6.45) is 1.42. The first-order chi connectivity index (χ1) is 7.63. The van der Waals surface area contributed by atoms with E-state index in [-0.39, 0.29) is 5.28 Å². The van der Waals surface area contributed by atoms with E-state index in [0.29, 0.717) is 11.6 Å². The third-order valence-electron chi connectivity index (χ3n) is 1.93. The molecule has 0 aliphatic carbocycles. The Morgan fingerprint density at radius 3 is 2.44 bits per heavy atom. The molecule has 0 amide bonds. The standard InChI is InChI=1S/C11H10ClN3O/c1-7-3-8(2)5-9(4-7)16-10-6-13-15-11(12)14-10/h3-6H,1-2H3. The molecule has 0 fully saturated rings. The van der Waals surface area contributed by atoms with Crippen LogP contribution in [0.15, 0.2) is 24.4 Å². The zero-order valence-electron chi connectivity index (χ0n) is 8.94. The van der Waals surface area contributed by atoms with Crippen molar-refractivity contribution in [1.29, 1.82) is 0 Å². The van der Waals surface area contributed by atoms with Crippen LogP contribution in [0.5, 0.6) is 11.6 Å². The van der Waals surface area contributed by atoms with Gasteiger partial charge in [0, 0.05) is 0 Å². The summed E-state index contributed by atoms with van der Waals surface area (Å²) in [5.74, 6) is 1.05. The van der Waals surface area contributed by atoms with E-state index in [9.17, 15) is 0 Å². The second-order valence-electron chi connectivity index (χ2n) is 3.49. The summed E-state index contributed by atoms with van der Waals surface area (Å²) >= 11 is 5.61. The van der Waals surface area contributed by atoms with Crippen molar-refractivity contribution in [2.24, 2.45) is 0 Å². The number of benzene rings is 1. The van der Waals surface area contributed by atoms with Crippen molar-refractivity contribution in [3.8, 4) is 11.6 Å². The molecule has 0 unspecified atom stereocenters. The lowest BCUT2D eigenvalue weighted by Crippen LogP contribution is -1.93. The maximum Gasteiger partial charge on any atom is 0.246 e. The van der Waals surface area contributed by atoms with Crippen LogP contribution in [0.1, 0.15) is 11.1 Å². The molecule has 82 valence electrons. The van der Waals surface area contributed by atoms with Crippen molar-refractivity contribution in [2.45, 2.75) is 13.8 Å². The Morgan fingerprint density at radius 2 is 1.81 bits per heavy atom. The second-order valence-corrected chi connectivity index (χ2v) is 3.83. The first-order valence-electron chi connectivity index (χ1n) is 4.75. The number of hydrogen-bond donors (Lipinski definition) is 0. The highest BCUT2D eigenvalue weighted by molar-refractivity contribution is 6.28. The van der Waals surface area contributed by atoms with Crippen LogP contribution in [0.4, 0.5) is 0 Å². The molecule has 5 heteroatoms. The minimum atomic E-state index is 0.0712. The zero-order chi connectivity index (χ0) is 11.5. The zero-order valence-corrected chi connectivity index (χ0v) is 9.69. The molecule has 0 N–H and O–H groups in total. The summed E-state index contributed by atoms with van der Waals surface area (Å²) in [6, 6.07) is 5.91. The maximum absolute atomic E-state index is 5.61. The Bertz CT molecular complexity index is 496. The molecule has 4 nitrogen and oxygen atoms in total. The van der Waals surface area contributed by atoms with Crippen LogP contribution in [0.2, 0.25) is 5.28 Å². The Kier molecular flexibility index (Phi) is 3.01. The van der Waals surface area contributed by atoms with Gasteiger partial charge in [0.1, 0.15) is 11.9 Å². The summed E-state index contributed by atoms with van der Waals surface area (Å²) in [7, 11) is 0. The fourth-order valence-corrected chi connectivity index (χ4v) is 1.56. The smallest absolute Gasteiger partial charge is 0.246 e. The molecule has 2 rings (SSSR count). The molecule has 1 aromatic heterocycles. The molecule has 16 heavy (non-hydrogen) atoms. The Labute approximate surface area is 98.3 Å². The minimum absolute atomic E-state index is 0.0712. The highest BCUT2D eigenvalue weighted by Gasteiger charge is 2.02. The largest absolute Gasteiger partial charge is 0.437 e. The van der Waals surface area contributed by atoms with Gasteiger partial charge in [-0.15, -0.1) is 5.10 Å². The maximum atomic E-state index is 5.61. The highest BCUT2D eigenvalue weighted by Crippen LogP contribution is 2.21. The van der Waals surface area contributed by atoms with Crippen molar-refractivity contribution in [1.82, 2.24) is 15.2 Å². The third kappa shape index (κ3) is 2.67. The number of rotatable bonds is 2. The lowest BCUT2D eigenvalue weighted by Gasteiger charge is -2.06. The number of ether oxygens (including phenoxy) is 1. The molecule has 1 heterocycles. The molecule has 0 aliphatic rings.